The lowest BCUT2D eigenvalue weighted by Crippen LogP contribution is -2.36. The van der Waals surface area contributed by atoms with Gasteiger partial charge in [-0.2, -0.15) is 12.7 Å². The lowest BCUT2D eigenvalue weighted by molar-refractivity contribution is 0.481. The van der Waals surface area contributed by atoms with E-state index in [1.54, 1.807) is 11.8 Å². The predicted octanol–water partition coefficient (Wildman–Crippen LogP) is -0.543. The molecule has 60 valence electrons. The van der Waals surface area contributed by atoms with Gasteiger partial charge in [-0.15, -0.1) is 11.8 Å². The zero-order valence-electron chi connectivity index (χ0n) is 5.70. The molecule has 0 aromatic carbocycles. The summed E-state index contributed by atoms with van der Waals surface area (Å²) < 4.78 is 25.7. The number of hydrogen-bond acceptors (Lipinski definition) is 3. The van der Waals surface area contributed by atoms with E-state index in [0.717, 1.165) is 5.75 Å². The third kappa shape index (κ3) is 1.63. The second-order valence-corrected chi connectivity index (χ2v) is 4.87. The maximum Gasteiger partial charge on any atom is 0.279 e. The van der Waals surface area contributed by atoms with E-state index in [0.29, 0.717) is 12.4 Å². The number of rotatable bonds is 2. The van der Waals surface area contributed by atoms with Crippen molar-refractivity contribution in [3.05, 3.63) is 0 Å². The second-order valence-electron chi connectivity index (χ2n) is 1.92. The van der Waals surface area contributed by atoms with Gasteiger partial charge in [-0.25, -0.2) is 4.72 Å². The predicted molar refractivity (Wildman–Crippen MR) is 42.0 cm³/mol. The van der Waals surface area contributed by atoms with Crippen molar-refractivity contribution in [1.82, 2.24) is 9.03 Å². The molecule has 10 heavy (non-hydrogen) atoms. The Balaban J connectivity index is 2.63. The van der Waals surface area contributed by atoms with Gasteiger partial charge >= 0.3 is 0 Å². The minimum Gasteiger partial charge on any atom is -0.205 e. The van der Waals surface area contributed by atoms with Gasteiger partial charge in [0.25, 0.3) is 10.2 Å². The molecule has 0 atom stereocenters. The van der Waals surface area contributed by atoms with E-state index in [1.165, 1.54) is 11.4 Å². The smallest absolute Gasteiger partial charge is 0.205 e. The van der Waals surface area contributed by atoms with Gasteiger partial charge < -0.3 is 0 Å². The van der Waals surface area contributed by atoms with Gasteiger partial charge in [0.05, 0.1) is 5.88 Å². The van der Waals surface area contributed by atoms with E-state index in [-0.39, 0.29) is 0 Å². The van der Waals surface area contributed by atoms with E-state index in [2.05, 4.69) is 4.72 Å². The quantitative estimate of drug-likeness (QED) is 0.624. The third-order valence-corrected chi connectivity index (χ3v) is 3.95. The van der Waals surface area contributed by atoms with Crippen LogP contribution in [0, 0.1) is 0 Å². The van der Waals surface area contributed by atoms with Gasteiger partial charge in [0.2, 0.25) is 0 Å². The summed E-state index contributed by atoms with van der Waals surface area (Å²) in [4.78, 5) is 0. The highest BCUT2D eigenvalue weighted by molar-refractivity contribution is 8.00. The van der Waals surface area contributed by atoms with Crippen LogP contribution in [0.15, 0.2) is 0 Å². The molecule has 1 heterocycles. The lowest BCUT2D eigenvalue weighted by atomic mass is 10.8. The van der Waals surface area contributed by atoms with Crippen LogP contribution in [0.1, 0.15) is 0 Å². The Morgan fingerprint density at radius 2 is 2.30 bits per heavy atom. The summed E-state index contributed by atoms with van der Waals surface area (Å²) in [7, 11) is -1.71. The van der Waals surface area contributed by atoms with Crippen molar-refractivity contribution in [2.75, 3.05) is 25.2 Å². The summed E-state index contributed by atoms with van der Waals surface area (Å²) in [5.74, 6) is 1.49. The highest BCUT2D eigenvalue weighted by Gasteiger charge is 2.23. The van der Waals surface area contributed by atoms with E-state index >= 15 is 0 Å². The Labute approximate surface area is 65.2 Å². The third-order valence-electron chi connectivity index (χ3n) is 1.32. The van der Waals surface area contributed by atoms with Gasteiger partial charge in [0.1, 0.15) is 0 Å². The molecule has 0 amide bonds. The van der Waals surface area contributed by atoms with E-state index in [9.17, 15) is 8.42 Å². The number of nitrogens with one attached hydrogen (secondary N) is 1. The summed E-state index contributed by atoms with van der Waals surface area (Å²) in [6.07, 6.45) is 0. The maximum absolute atomic E-state index is 11.0. The minimum absolute atomic E-state index is 0.586. The fourth-order valence-corrected chi connectivity index (χ4v) is 3.01. The molecule has 4 nitrogen and oxygen atoms in total. The standard InChI is InChI=1S/C4H10N2O2S2/c1-5-10(7,8)6-2-3-9-4-6/h5H,2-4H2,1H3. The van der Waals surface area contributed by atoms with Crippen LogP contribution in [0.25, 0.3) is 0 Å². The number of hydrogen-bond donors (Lipinski definition) is 1. The van der Waals surface area contributed by atoms with Gasteiger partial charge in [-0.1, -0.05) is 0 Å². The van der Waals surface area contributed by atoms with Crippen molar-refractivity contribution >= 4 is 22.0 Å². The van der Waals surface area contributed by atoms with Crippen LogP contribution in [0.2, 0.25) is 0 Å². The van der Waals surface area contributed by atoms with Gasteiger partial charge in [0, 0.05) is 19.3 Å². The van der Waals surface area contributed by atoms with Crippen LogP contribution >= 0.6 is 11.8 Å². The molecule has 1 N–H and O–H groups in total. The summed E-state index contributed by atoms with van der Waals surface area (Å²) >= 11 is 1.63. The molecular formula is C4H10N2O2S2. The number of nitrogens with zero attached hydrogens (tertiary/aromatic N) is 1. The van der Waals surface area contributed by atoms with Gasteiger partial charge in [0.15, 0.2) is 0 Å². The zero-order valence-corrected chi connectivity index (χ0v) is 7.33. The fourth-order valence-electron chi connectivity index (χ4n) is 0.716. The topological polar surface area (TPSA) is 49.4 Å². The van der Waals surface area contributed by atoms with E-state index in [1.807, 2.05) is 0 Å². The minimum atomic E-state index is -3.14. The van der Waals surface area contributed by atoms with E-state index < -0.39 is 10.2 Å². The average molecular weight is 182 g/mol. The lowest BCUT2D eigenvalue weighted by Gasteiger charge is -2.12. The molecule has 1 aliphatic rings. The Morgan fingerprint density at radius 3 is 2.70 bits per heavy atom. The van der Waals surface area contributed by atoms with Crippen molar-refractivity contribution in [3.63, 3.8) is 0 Å². The van der Waals surface area contributed by atoms with Gasteiger partial charge in [-0.05, 0) is 0 Å². The van der Waals surface area contributed by atoms with Crippen LogP contribution in [-0.2, 0) is 10.2 Å². The summed E-state index contributed by atoms with van der Waals surface area (Å²) in [5, 5.41) is 0. The molecule has 0 aliphatic carbocycles. The molecule has 1 saturated heterocycles. The summed E-state index contributed by atoms with van der Waals surface area (Å²) in [6.45, 7) is 0.633. The SMILES string of the molecule is CNS(=O)(=O)N1CCSC1. The zero-order chi connectivity index (χ0) is 7.61. The molecule has 0 bridgehead atoms. The van der Waals surface area contributed by atoms with Crippen LogP contribution in [0.5, 0.6) is 0 Å². The van der Waals surface area contributed by atoms with Crippen molar-refractivity contribution < 1.29 is 8.42 Å². The van der Waals surface area contributed by atoms with Crippen molar-refractivity contribution in [1.29, 1.82) is 0 Å². The van der Waals surface area contributed by atoms with Crippen molar-refractivity contribution in [3.8, 4) is 0 Å². The Hall–Kier alpha value is 0.220. The Bertz CT molecular complexity index is 195. The Kier molecular flexibility index (Phi) is 2.56. The van der Waals surface area contributed by atoms with Gasteiger partial charge in [-0.3, -0.25) is 0 Å². The average Bonchev–Trinajstić information content (AvgIpc) is 2.38. The normalized spacial score (nSPS) is 21.7. The molecule has 0 unspecified atom stereocenters. The molecule has 6 heteroatoms. The molecule has 0 spiro atoms. The fraction of sp³-hybridized carbons (Fsp3) is 1.00. The largest absolute Gasteiger partial charge is 0.279 e. The second kappa shape index (κ2) is 3.08. The van der Waals surface area contributed by atoms with Crippen LogP contribution in [-0.4, -0.2) is 37.9 Å². The molecule has 0 aromatic rings. The van der Waals surface area contributed by atoms with Crippen LogP contribution in [0.4, 0.5) is 0 Å². The monoisotopic (exact) mass is 182 g/mol. The number of thioether (sulfide) groups is 1. The summed E-state index contributed by atoms with van der Waals surface area (Å²) in [6, 6.07) is 0. The summed E-state index contributed by atoms with van der Waals surface area (Å²) in [5.41, 5.74) is 0. The first-order valence-corrected chi connectivity index (χ1v) is 5.52. The molecule has 1 aliphatic heterocycles. The molecule has 0 aromatic heterocycles. The first kappa shape index (κ1) is 8.32. The molecule has 1 rings (SSSR count). The first-order chi connectivity index (χ1) is 4.67. The first-order valence-electron chi connectivity index (χ1n) is 2.93. The molecule has 0 saturated carbocycles. The van der Waals surface area contributed by atoms with Crippen LogP contribution < -0.4 is 4.72 Å². The highest BCUT2D eigenvalue weighted by atomic mass is 32.2. The Morgan fingerprint density at radius 1 is 1.60 bits per heavy atom. The van der Waals surface area contributed by atoms with Crippen molar-refractivity contribution in [2.45, 2.75) is 0 Å². The maximum atomic E-state index is 11.0. The van der Waals surface area contributed by atoms with E-state index in [4.69, 9.17) is 0 Å². The molecule has 0 radical (unpaired) electrons. The van der Waals surface area contributed by atoms with Crippen molar-refractivity contribution in [2.24, 2.45) is 0 Å². The van der Waals surface area contributed by atoms with Crippen LogP contribution in [0.3, 0.4) is 0 Å². The molecule has 1 fully saturated rings. The highest BCUT2D eigenvalue weighted by Crippen LogP contribution is 2.15. The molecular weight excluding hydrogens is 172 g/mol.